The van der Waals surface area contributed by atoms with Gasteiger partial charge in [0.15, 0.2) is 0 Å². The molecule has 0 rings (SSSR count). The van der Waals surface area contributed by atoms with Crippen LogP contribution < -0.4 is 0 Å². The van der Waals surface area contributed by atoms with Crippen LogP contribution in [0.3, 0.4) is 0 Å². The second-order valence-electron chi connectivity index (χ2n) is 7.61. The van der Waals surface area contributed by atoms with Crippen molar-refractivity contribution >= 4 is 12.2 Å². The molecule has 1 atom stereocenters. The van der Waals surface area contributed by atoms with Gasteiger partial charge in [-0.15, -0.1) is 6.58 Å². The summed E-state index contributed by atoms with van der Waals surface area (Å²) in [6.07, 6.45) is 10.8. The molecule has 0 aliphatic heterocycles. The predicted octanol–water partition coefficient (Wildman–Crippen LogP) is 4.70. The van der Waals surface area contributed by atoms with Gasteiger partial charge >= 0.3 is 0 Å². The molecule has 0 saturated heterocycles. The molecule has 0 radical (unpaired) electrons. The number of nitrogens with zero attached hydrogens (tertiary/aromatic N) is 1. The number of allylic oxidation sites excluding steroid dienone is 4. The fourth-order valence-corrected chi connectivity index (χ4v) is 1.91. The van der Waals surface area contributed by atoms with Crippen molar-refractivity contribution in [2.45, 2.75) is 72.3 Å². The summed E-state index contributed by atoms with van der Waals surface area (Å²) >= 11 is 0. The molecule has 1 amide bonds. The van der Waals surface area contributed by atoms with Gasteiger partial charge < -0.3 is 10.0 Å². The average molecular weight is 366 g/mol. The third-order valence-electron chi connectivity index (χ3n) is 3.92. The summed E-state index contributed by atoms with van der Waals surface area (Å²) in [5.41, 5.74) is 1.72. The van der Waals surface area contributed by atoms with Crippen LogP contribution >= 0.6 is 0 Å². The van der Waals surface area contributed by atoms with Crippen LogP contribution in [0.5, 0.6) is 0 Å². The minimum Gasteiger partial charge on any atom is -0.386 e. The van der Waals surface area contributed by atoms with E-state index in [1.165, 1.54) is 10.5 Å². The summed E-state index contributed by atoms with van der Waals surface area (Å²) in [7, 11) is 3.38. The highest BCUT2D eigenvalue weighted by atomic mass is 16.3. The van der Waals surface area contributed by atoms with Crippen LogP contribution in [0.15, 0.2) is 36.0 Å². The fourth-order valence-electron chi connectivity index (χ4n) is 1.91. The van der Waals surface area contributed by atoms with Crippen molar-refractivity contribution in [2.75, 3.05) is 14.1 Å². The van der Waals surface area contributed by atoms with Crippen molar-refractivity contribution in [2.24, 2.45) is 5.92 Å². The lowest BCUT2D eigenvalue weighted by Gasteiger charge is -2.16. The van der Waals surface area contributed by atoms with Crippen molar-refractivity contribution in [3.8, 4) is 0 Å². The number of rotatable bonds is 11. The first kappa shape index (κ1) is 26.5. The Morgan fingerprint density at radius 3 is 2.08 bits per heavy atom. The van der Waals surface area contributed by atoms with Crippen LogP contribution in [-0.2, 0) is 9.59 Å². The van der Waals surface area contributed by atoms with Gasteiger partial charge in [0.05, 0.1) is 5.60 Å². The Kier molecular flexibility index (Phi) is 14.8. The zero-order valence-corrected chi connectivity index (χ0v) is 17.8. The van der Waals surface area contributed by atoms with Gasteiger partial charge in [0, 0.05) is 26.4 Å². The van der Waals surface area contributed by atoms with Gasteiger partial charge in [0.1, 0.15) is 5.78 Å². The van der Waals surface area contributed by atoms with Gasteiger partial charge in [-0.3, -0.25) is 9.59 Å². The van der Waals surface area contributed by atoms with Crippen LogP contribution in [0.4, 0.5) is 0 Å². The van der Waals surface area contributed by atoms with Crippen molar-refractivity contribution in [3.05, 3.63) is 36.0 Å². The molecule has 0 saturated carbocycles. The topological polar surface area (TPSA) is 57.6 Å². The largest absolute Gasteiger partial charge is 0.386 e. The summed E-state index contributed by atoms with van der Waals surface area (Å²) < 4.78 is 0. The highest BCUT2D eigenvalue weighted by Crippen LogP contribution is 2.16. The van der Waals surface area contributed by atoms with E-state index in [-0.39, 0.29) is 5.92 Å². The first-order valence-corrected chi connectivity index (χ1v) is 9.26. The van der Waals surface area contributed by atoms with Gasteiger partial charge in [0.2, 0.25) is 6.41 Å². The second-order valence-corrected chi connectivity index (χ2v) is 7.61. The van der Waals surface area contributed by atoms with E-state index < -0.39 is 5.60 Å². The first-order chi connectivity index (χ1) is 11.9. The van der Waals surface area contributed by atoms with E-state index in [1.807, 2.05) is 20.8 Å². The molecule has 0 fully saturated rings. The number of Topliss-reactive ketones (excluding diaryl/α,β-unsaturated/α-hetero) is 1. The summed E-state index contributed by atoms with van der Waals surface area (Å²) in [4.78, 5) is 22.5. The Morgan fingerprint density at radius 2 is 1.65 bits per heavy atom. The van der Waals surface area contributed by atoms with Crippen LogP contribution in [0.25, 0.3) is 0 Å². The molecule has 4 nitrogen and oxygen atoms in total. The Hall–Kier alpha value is -1.68. The van der Waals surface area contributed by atoms with Gasteiger partial charge in [-0.25, -0.2) is 0 Å². The molecule has 26 heavy (non-hydrogen) atoms. The van der Waals surface area contributed by atoms with E-state index in [0.29, 0.717) is 18.6 Å². The number of amides is 1. The number of ketones is 1. The quantitative estimate of drug-likeness (QED) is 0.427. The molecule has 0 aromatic heterocycles. The van der Waals surface area contributed by atoms with E-state index in [9.17, 15) is 14.7 Å². The zero-order chi connectivity index (χ0) is 20.8. The van der Waals surface area contributed by atoms with Crippen molar-refractivity contribution in [1.29, 1.82) is 0 Å². The lowest BCUT2D eigenvalue weighted by molar-refractivity contribution is -0.121. The Balaban J connectivity index is 0. The maximum absolute atomic E-state index is 11.6. The normalized spacial score (nSPS) is 14.2. The zero-order valence-electron chi connectivity index (χ0n) is 17.8. The maximum Gasteiger partial charge on any atom is 0.209 e. The fraction of sp³-hybridized carbons (Fsp3) is 0.636. The van der Waals surface area contributed by atoms with Crippen LogP contribution in [0.1, 0.15) is 66.7 Å². The van der Waals surface area contributed by atoms with Gasteiger partial charge in [-0.05, 0) is 46.5 Å². The van der Waals surface area contributed by atoms with Crippen molar-refractivity contribution < 1.29 is 14.7 Å². The maximum atomic E-state index is 11.6. The molecule has 4 heteroatoms. The van der Waals surface area contributed by atoms with E-state index in [1.54, 1.807) is 27.1 Å². The van der Waals surface area contributed by atoms with Crippen LogP contribution in [-0.4, -0.2) is 41.9 Å². The lowest BCUT2D eigenvalue weighted by Crippen LogP contribution is -2.19. The van der Waals surface area contributed by atoms with Crippen molar-refractivity contribution in [3.63, 3.8) is 0 Å². The minimum absolute atomic E-state index is 0.118. The number of aliphatic hydroxyl groups is 1. The van der Waals surface area contributed by atoms with Crippen molar-refractivity contribution in [1.82, 2.24) is 4.90 Å². The number of hydrogen-bond acceptors (Lipinski definition) is 3. The SMILES string of the molecule is C=CC(C)(O)CCC=C(C)CCC=C(C)CC(=O)C(C)C.CN(C)C=O. The minimum atomic E-state index is -0.773. The molecule has 1 unspecified atom stereocenters. The molecular weight excluding hydrogens is 326 g/mol. The van der Waals surface area contributed by atoms with E-state index in [2.05, 4.69) is 25.7 Å². The Morgan fingerprint density at radius 1 is 1.15 bits per heavy atom. The van der Waals surface area contributed by atoms with E-state index >= 15 is 0 Å². The molecule has 1 N–H and O–H groups in total. The summed E-state index contributed by atoms with van der Waals surface area (Å²) in [5.74, 6) is 0.426. The number of carbonyl (C=O) groups excluding carboxylic acids is 2. The predicted molar refractivity (Wildman–Crippen MR) is 111 cm³/mol. The van der Waals surface area contributed by atoms with E-state index in [0.717, 1.165) is 31.2 Å². The lowest BCUT2D eigenvalue weighted by atomic mass is 9.98. The molecule has 0 spiro atoms. The number of hydrogen-bond donors (Lipinski definition) is 1. The van der Waals surface area contributed by atoms with Gasteiger partial charge in [-0.1, -0.05) is 43.2 Å². The molecule has 0 aromatic carbocycles. The molecule has 0 aliphatic carbocycles. The average Bonchev–Trinajstić information content (AvgIpc) is 2.54. The molecule has 0 aliphatic rings. The third kappa shape index (κ3) is 17.2. The molecule has 150 valence electrons. The van der Waals surface area contributed by atoms with E-state index in [4.69, 9.17) is 0 Å². The van der Waals surface area contributed by atoms with Gasteiger partial charge in [0.25, 0.3) is 0 Å². The Labute approximate surface area is 160 Å². The summed E-state index contributed by atoms with van der Waals surface area (Å²) in [6.45, 7) is 13.4. The Bertz CT molecular complexity index is 486. The monoisotopic (exact) mass is 365 g/mol. The third-order valence-corrected chi connectivity index (χ3v) is 3.92. The molecule has 0 bridgehead atoms. The highest BCUT2D eigenvalue weighted by molar-refractivity contribution is 5.82. The second kappa shape index (κ2) is 14.5. The first-order valence-electron chi connectivity index (χ1n) is 9.26. The van der Waals surface area contributed by atoms with Crippen LogP contribution in [0.2, 0.25) is 0 Å². The molecule has 0 heterocycles. The summed E-state index contributed by atoms with van der Waals surface area (Å²) in [6, 6.07) is 0. The highest BCUT2D eigenvalue weighted by Gasteiger charge is 2.13. The smallest absolute Gasteiger partial charge is 0.209 e. The molecule has 0 aromatic rings. The summed E-state index contributed by atoms with van der Waals surface area (Å²) in [5, 5.41) is 9.82. The number of carbonyl (C=O) groups is 2. The van der Waals surface area contributed by atoms with Crippen LogP contribution in [0, 0.1) is 5.92 Å². The molecular formula is C22H39NO3. The van der Waals surface area contributed by atoms with Gasteiger partial charge in [-0.2, -0.15) is 0 Å². The standard InChI is InChI=1S/C19H32O2.C3H7NO/c1-7-19(6,21)13-9-12-16(4)10-8-11-17(5)14-18(20)15(2)3;1-4(2)3-5/h7,11-12,15,21H,1,8-10,13-14H2,2-6H3;3H,1-2H3.